The Labute approximate surface area is 163 Å². The Balaban J connectivity index is 1.57. The molecule has 0 N–H and O–H groups in total. The first-order valence-corrected chi connectivity index (χ1v) is 9.03. The van der Waals surface area contributed by atoms with Gasteiger partial charge in [-0.2, -0.15) is 17.9 Å². The normalized spacial score (nSPS) is 22.6. The number of hydrogen-bond donors (Lipinski definition) is 0. The van der Waals surface area contributed by atoms with Gasteiger partial charge in [0, 0.05) is 44.2 Å². The van der Waals surface area contributed by atoms with Crippen LogP contribution in [0.5, 0.6) is 5.75 Å². The van der Waals surface area contributed by atoms with Gasteiger partial charge in [0.25, 0.3) is 11.7 Å². The number of piperazine rings is 1. The third-order valence-corrected chi connectivity index (χ3v) is 5.28. The Bertz CT molecular complexity index is 885. The molecule has 7 nitrogen and oxygen atoms in total. The van der Waals surface area contributed by atoms with Gasteiger partial charge in [-0.25, -0.2) is 8.78 Å². The van der Waals surface area contributed by atoms with Crippen molar-refractivity contribution >= 4 is 0 Å². The highest BCUT2D eigenvalue weighted by molar-refractivity contribution is 5.44. The lowest BCUT2D eigenvalue weighted by Gasteiger charge is -2.37. The summed E-state index contributed by atoms with van der Waals surface area (Å²) in [5.41, 5.74) is 0.774. The number of methoxy groups -OCH3 is 1. The van der Waals surface area contributed by atoms with Crippen LogP contribution in [0.3, 0.4) is 0 Å². The van der Waals surface area contributed by atoms with Gasteiger partial charge in [-0.15, -0.1) is 5.10 Å². The molecule has 1 aromatic carbocycles. The first-order valence-electron chi connectivity index (χ1n) is 9.03. The minimum absolute atomic E-state index is 0.143. The Hall–Kier alpha value is -2.34. The van der Waals surface area contributed by atoms with E-state index >= 15 is 0 Å². The number of benzene rings is 1. The topological polar surface area (TPSA) is 59.3 Å². The molecule has 0 bridgehead atoms. The number of hydrogen-bond acceptors (Lipinski definition) is 6. The van der Waals surface area contributed by atoms with E-state index in [9.17, 15) is 22.0 Å². The number of rotatable bonds is 4. The average Bonchev–Trinajstić information content (AvgIpc) is 3.24. The van der Waals surface area contributed by atoms with Crippen LogP contribution >= 0.6 is 0 Å². The zero-order valence-electron chi connectivity index (χ0n) is 15.5. The molecule has 0 radical (unpaired) electrons. The molecule has 2 saturated heterocycles. The lowest BCUT2D eigenvalue weighted by atomic mass is 10.1. The van der Waals surface area contributed by atoms with Crippen LogP contribution in [0.4, 0.5) is 22.0 Å². The fourth-order valence-corrected chi connectivity index (χ4v) is 4.01. The molecule has 2 fully saturated rings. The fraction of sp³-hybridized carbons (Fsp3) is 0.588. The Kier molecular flexibility index (Phi) is 4.93. The molecule has 3 heterocycles. The summed E-state index contributed by atoms with van der Waals surface area (Å²) >= 11 is 0. The van der Waals surface area contributed by atoms with Crippen molar-refractivity contribution in [1.29, 1.82) is 0 Å². The smallest absolute Gasteiger partial charge is 0.453 e. The zero-order valence-corrected chi connectivity index (χ0v) is 15.5. The van der Waals surface area contributed by atoms with Crippen LogP contribution in [0.1, 0.15) is 17.8 Å². The van der Waals surface area contributed by atoms with E-state index in [1.165, 1.54) is 19.2 Å². The van der Waals surface area contributed by atoms with Crippen molar-refractivity contribution in [3.05, 3.63) is 29.6 Å². The second-order valence-electron chi connectivity index (χ2n) is 7.33. The minimum atomic E-state index is -4.70. The average molecular weight is 418 g/mol. The van der Waals surface area contributed by atoms with Gasteiger partial charge in [-0.05, 0) is 28.6 Å². The monoisotopic (exact) mass is 418 g/mol. The first kappa shape index (κ1) is 20.0. The van der Waals surface area contributed by atoms with Crippen LogP contribution in [0, 0.1) is 0 Å². The van der Waals surface area contributed by atoms with Crippen LogP contribution < -0.4 is 4.74 Å². The second kappa shape index (κ2) is 7.17. The molecule has 2 aliphatic heterocycles. The van der Waals surface area contributed by atoms with Crippen LogP contribution in [0.15, 0.2) is 18.2 Å². The zero-order chi connectivity index (χ0) is 20.8. The van der Waals surface area contributed by atoms with E-state index in [4.69, 9.17) is 4.74 Å². The van der Waals surface area contributed by atoms with Gasteiger partial charge in [0.05, 0.1) is 19.3 Å². The Morgan fingerprint density at radius 2 is 2.03 bits per heavy atom. The van der Waals surface area contributed by atoms with E-state index in [-0.39, 0.29) is 24.7 Å². The Morgan fingerprint density at radius 3 is 2.76 bits per heavy atom. The maximum Gasteiger partial charge on any atom is 0.453 e. The predicted molar refractivity (Wildman–Crippen MR) is 90.9 cm³/mol. The largest absolute Gasteiger partial charge is 0.496 e. The van der Waals surface area contributed by atoms with Crippen molar-refractivity contribution in [1.82, 2.24) is 30.0 Å². The van der Waals surface area contributed by atoms with Crippen molar-refractivity contribution in [2.24, 2.45) is 0 Å². The summed E-state index contributed by atoms with van der Waals surface area (Å²) < 4.78 is 72.6. The number of alkyl halides is 5. The summed E-state index contributed by atoms with van der Waals surface area (Å²) in [4.78, 5) is 3.80. The molecule has 158 valence electrons. The molecule has 12 heteroatoms. The SMILES string of the molecule is COc1ccc(-n2nnnc2C(F)(F)F)cc1CN1CCN2CC(F)(F)CC2C1. The highest BCUT2D eigenvalue weighted by Crippen LogP contribution is 2.35. The first-order chi connectivity index (χ1) is 13.7. The lowest BCUT2D eigenvalue weighted by molar-refractivity contribution is -0.146. The van der Waals surface area contributed by atoms with E-state index in [1.54, 1.807) is 11.0 Å². The predicted octanol–water partition coefficient (Wildman–Crippen LogP) is 2.21. The molecule has 1 atom stereocenters. The van der Waals surface area contributed by atoms with E-state index in [1.807, 2.05) is 4.90 Å². The van der Waals surface area contributed by atoms with E-state index in [2.05, 4.69) is 15.5 Å². The number of aromatic nitrogens is 4. The summed E-state index contributed by atoms with van der Waals surface area (Å²) in [5, 5.41) is 9.63. The maximum absolute atomic E-state index is 13.7. The molecule has 1 aromatic heterocycles. The van der Waals surface area contributed by atoms with E-state index in [0.29, 0.717) is 42.2 Å². The fourth-order valence-electron chi connectivity index (χ4n) is 4.01. The molecule has 2 aliphatic rings. The minimum Gasteiger partial charge on any atom is -0.496 e. The number of tetrazole rings is 1. The molecular formula is C17H19F5N6O. The van der Waals surface area contributed by atoms with Gasteiger partial charge < -0.3 is 4.74 Å². The van der Waals surface area contributed by atoms with Crippen molar-refractivity contribution in [2.75, 3.05) is 33.3 Å². The number of halogens is 5. The lowest BCUT2D eigenvalue weighted by Crippen LogP contribution is -2.49. The molecule has 2 aromatic rings. The van der Waals surface area contributed by atoms with Gasteiger partial charge in [0.15, 0.2) is 0 Å². The molecule has 1 unspecified atom stereocenters. The molecule has 0 saturated carbocycles. The van der Waals surface area contributed by atoms with Gasteiger partial charge in [0.1, 0.15) is 5.75 Å². The quantitative estimate of drug-likeness (QED) is 0.710. The van der Waals surface area contributed by atoms with Gasteiger partial charge >= 0.3 is 6.18 Å². The van der Waals surface area contributed by atoms with Crippen molar-refractivity contribution in [3.8, 4) is 11.4 Å². The van der Waals surface area contributed by atoms with E-state index in [0.717, 1.165) is 0 Å². The Morgan fingerprint density at radius 1 is 1.24 bits per heavy atom. The standard InChI is InChI=1S/C17H19F5N6O/c1-29-14-3-2-12(28-15(17(20,21)22)23-24-25-28)6-11(14)8-26-4-5-27-10-16(18,19)7-13(27)9-26/h2-3,6,13H,4-5,7-10H2,1H3. The molecule has 4 rings (SSSR count). The summed E-state index contributed by atoms with van der Waals surface area (Å²) in [5.74, 6) is -3.41. The summed E-state index contributed by atoms with van der Waals surface area (Å²) in [6.07, 6.45) is -4.88. The summed E-state index contributed by atoms with van der Waals surface area (Å²) in [7, 11) is 1.46. The van der Waals surface area contributed by atoms with Gasteiger partial charge in [0.2, 0.25) is 0 Å². The van der Waals surface area contributed by atoms with Crippen molar-refractivity contribution < 1.29 is 26.7 Å². The molecule has 29 heavy (non-hydrogen) atoms. The highest BCUT2D eigenvalue weighted by Gasteiger charge is 2.46. The second-order valence-corrected chi connectivity index (χ2v) is 7.33. The molecule has 0 spiro atoms. The maximum atomic E-state index is 13.7. The van der Waals surface area contributed by atoms with Crippen molar-refractivity contribution in [3.63, 3.8) is 0 Å². The van der Waals surface area contributed by atoms with Crippen LogP contribution in [0.25, 0.3) is 5.69 Å². The summed E-state index contributed by atoms with van der Waals surface area (Å²) in [6, 6.07) is 4.28. The molecule has 0 aliphatic carbocycles. The number of fused-ring (bicyclic) bond motifs is 1. The molecular weight excluding hydrogens is 399 g/mol. The van der Waals surface area contributed by atoms with Crippen molar-refractivity contribution in [2.45, 2.75) is 31.1 Å². The third-order valence-electron chi connectivity index (χ3n) is 5.28. The number of nitrogens with zero attached hydrogens (tertiary/aromatic N) is 6. The van der Waals surface area contributed by atoms with Crippen LogP contribution in [0.2, 0.25) is 0 Å². The third kappa shape index (κ3) is 4.04. The van der Waals surface area contributed by atoms with Crippen LogP contribution in [-0.2, 0) is 12.7 Å². The van der Waals surface area contributed by atoms with Gasteiger partial charge in [-0.1, -0.05) is 0 Å². The summed E-state index contributed by atoms with van der Waals surface area (Å²) in [6.45, 7) is 1.70. The molecule has 0 amide bonds. The number of ether oxygens (including phenoxy) is 1. The highest BCUT2D eigenvalue weighted by atomic mass is 19.4. The van der Waals surface area contributed by atoms with E-state index < -0.39 is 17.9 Å². The van der Waals surface area contributed by atoms with Crippen LogP contribution in [-0.4, -0.2) is 75.3 Å². The van der Waals surface area contributed by atoms with Gasteiger partial charge in [-0.3, -0.25) is 9.80 Å².